The van der Waals surface area contributed by atoms with Gasteiger partial charge in [-0.15, -0.1) is 0 Å². The summed E-state index contributed by atoms with van der Waals surface area (Å²) in [5.74, 6) is 0. The number of amides is 2. The Bertz CT molecular complexity index is 804. The summed E-state index contributed by atoms with van der Waals surface area (Å²) in [6.07, 6.45) is 0. The summed E-state index contributed by atoms with van der Waals surface area (Å²) in [4.78, 5) is 15.4. The van der Waals surface area contributed by atoms with Crippen LogP contribution in [0.3, 0.4) is 0 Å². The molecule has 1 N–H and O–H groups in total. The lowest BCUT2D eigenvalue weighted by Crippen LogP contribution is -2.34. The molecule has 0 aliphatic carbocycles. The van der Waals surface area contributed by atoms with Crippen molar-refractivity contribution >= 4 is 6.03 Å². The SMILES string of the molecule is CN(C)C(=O)NCc1cc2n(n1)CCN(Cc1ccccc1C#N)C2. The molecule has 0 unspecified atom stereocenters. The lowest BCUT2D eigenvalue weighted by atomic mass is 10.1. The number of urea groups is 1. The molecule has 7 nitrogen and oxygen atoms in total. The van der Waals surface area contributed by atoms with Gasteiger partial charge in [0.25, 0.3) is 0 Å². The molecule has 0 spiro atoms. The smallest absolute Gasteiger partial charge is 0.317 e. The van der Waals surface area contributed by atoms with Crippen molar-refractivity contribution in [2.24, 2.45) is 0 Å². The van der Waals surface area contributed by atoms with Crippen molar-refractivity contribution < 1.29 is 4.79 Å². The Morgan fingerprint density at radius 3 is 2.92 bits per heavy atom. The molecule has 1 aromatic heterocycles. The molecule has 0 saturated heterocycles. The quantitative estimate of drug-likeness (QED) is 0.917. The monoisotopic (exact) mass is 338 g/mol. The molecule has 2 aromatic rings. The van der Waals surface area contributed by atoms with Gasteiger partial charge in [-0.2, -0.15) is 10.4 Å². The van der Waals surface area contributed by atoms with Crippen molar-refractivity contribution in [3.05, 3.63) is 52.8 Å². The first-order chi connectivity index (χ1) is 12.1. The lowest BCUT2D eigenvalue weighted by molar-refractivity contribution is 0.205. The summed E-state index contributed by atoms with van der Waals surface area (Å²) in [5.41, 5.74) is 3.78. The van der Waals surface area contributed by atoms with E-state index in [-0.39, 0.29) is 6.03 Å². The molecular weight excluding hydrogens is 316 g/mol. The molecule has 25 heavy (non-hydrogen) atoms. The molecule has 1 aromatic carbocycles. The second kappa shape index (κ2) is 7.36. The number of nitrogens with zero attached hydrogens (tertiary/aromatic N) is 5. The first-order valence-electron chi connectivity index (χ1n) is 8.28. The van der Waals surface area contributed by atoms with Crippen molar-refractivity contribution in [1.82, 2.24) is 24.9 Å². The molecule has 0 bridgehead atoms. The Morgan fingerprint density at radius 2 is 2.16 bits per heavy atom. The molecule has 1 aliphatic rings. The molecule has 2 amide bonds. The van der Waals surface area contributed by atoms with Gasteiger partial charge in [-0.1, -0.05) is 18.2 Å². The highest BCUT2D eigenvalue weighted by Crippen LogP contribution is 2.18. The van der Waals surface area contributed by atoms with E-state index in [1.54, 1.807) is 14.1 Å². The standard InChI is InChI=1S/C18H22N6O/c1-22(2)18(25)20-11-16-9-17-13-23(7-8-24(17)21-16)12-15-6-4-3-5-14(15)10-19/h3-6,9H,7-8,11-13H2,1-2H3,(H,20,25). The third-order valence-corrected chi connectivity index (χ3v) is 4.29. The molecule has 0 radical (unpaired) electrons. The van der Waals surface area contributed by atoms with Gasteiger partial charge in [0.15, 0.2) is 0 Å². The largest absolute Gasteiger partial charge is 0.332 e. The number of carbonyl (C=O) groups is 1. The van der Waals surface area contributed by atoms with Crippen LogP contribution in [-0.2, 0) is 26.2 Å². The van der Waals surface area contributed by atoms with Crippen LogP contribution in [0.25, 0.3) is 0 Å². The predicted molar refractivity (Wildman–Crippen MR) is 93.4 cm³/mol. The first-order valence-corrected chi connectivity index (χ1v) is 8.28. The molecular formula is C18H22N6O. The number of nitriles is 1. The molecule has 0 fully saturated rings. The maximum absolute atomic E-state index is 11.6. The van der Waals surface area contributed by atoms with Gasteiger partial charge in [-0.3, -0.25) is 9.58 Å². The van der Waals surface area contributed by atoms with Crippen LogP contribution in [0.2, 0.25) is 0 Å². The number of aromatic nitrogens is 2. The van der Waals surface area contributed by atoms with Crippen molar-refractivity contribution in [3.8, 4) is 6.07 Å². The minimum absolute atomic E-state index is 0.124. The second-order valence-corrected chi connectivity index (χ2v) is 6.38. The summed E-state index contributed by atoms with van der Waals surface area (Å²) >= 11 is 0. The van der Waals surface area contributed by atoms with E-state index in [1.165, 1.54) is 4.90 Å². The van der Waals surface area contributed by atoms with Gasteiger partial charge >= 0.3 is 6.03 Å². The van der Waals surface area contributed by atoms with Crippen LogP contribution < -0.4 is 5.32 Å². The van der Waals surface area contributed by atoms with E-state index in [1.807, 2.05) is 35.0 Å². The Balaban J connectivity index is 1.64. The fourth-order valence-corrected chi connectivity index (χ4v) is 2.93. The second-order valence-electron chi connectivity index (χ2n) is 6.38. The number of rotatable bonds is 4. The molecule has 2 heterocycles. The van der Waals surface area contributed by atoms with Crippen LogP contribution in [0.5, 0.6) is 0 Å². The van der Waals surface area contributed by atoms with Crippen molar-refractivity contribution in [2.75, 3.05) is 20.6 Å². The zero-order valence-electron chi connectivity index (χ0n) is 14.6. The number of fused-ring (bicyclic) bond motifs is 1. The third-order valence-electron chi connectivity index (χ3n) is 4.29. The molecule has 7 heteroatoms. The van der Waals surface area contributed by atoms with Crippen LogP contribution in [0, 0.1) is 11.3 Å². The normalized spacial score (nSPS) is 13.8. The van der Waals surface area contributed by atoms with Gasteiger partial charge in [0.1, 0.15) is 0 Å². The summed E-state index contributed by atoms with van der Waals surface area (Å²) in [6, 6.07) is 11.9. The molecule has 0 atom stereocenters. The van der Waals surface area contributed by atoms with E-state index in [2.05, 4.69) is 21.4 Å². The van der Waals surface area contributed by atoms with Gasteiger partial charge in [0, 0.05) is 33.7 Å². The van der Waals surface area contributed by atoms with E-state index in [0.29, 0.717) is 6.54 Å². The number of benzene rings is 1. The summed E-state index contributed by atoms with van der Waals surface area (Å²) in [6.45, 7) is 3.66. The Hall–Kier alpha value is -2.85. The summed E-state index contributed by atoms with van der Waals surface area (Å²) < 4.78 is 2.00. The zero-order chi connectivity index (χ0) is 17.8. The van der Waals surface area contributed by atoms with Crippen LogP contribution in [0.1, 0.15) is 22.5 Å². The fourth-order valence-electron chi connectivity index (χ4n) is 2.93. The molecule has 130 valence electrons. The number of nitrogens with one attached hydrogen (secondary N) is 1. The van der Waals surface area contributed by atoms with Gasteiger partial charge < -0.3 is 10.2 Å². The van der Waals surface area contributed by atoms with Gasteiger partial charge in [-0.25, -0.2) is 4.79 Å². The Labute approximate surface area is 147 Å². The number of hydrogen-bond acceptors (Lipinski definition) is 4. The van der Waals surface area contributed by atoms with Crippen LogP contribution in [-0.4, -0.2) is 46.3 Å². The van der Waals surface area contributed by atoms with E-state index >= 15 is 0 Å². The highest BCUT2D eigenvalue weighted by Gasteiger charge is 2.19. The highest BCUT2D eigenvalue weighted by molar-refractivity contribution is 5.73. The fraction of sp³-hybridized carbons (Fsp3) is 0.389. The van der Waals surface area contributed by atoms with E-state index in [9.17, 15) is 10.1 Å². The van der Waals surface area contributed by atoms with Gasteiger partial charge in [0.05, 0.1) is 36.1 Å². The zero-order valence-corrected chi connectivity index (χ0v) is 14.6. The maximum Gasteiger partial charge on any atom is 0.317 e. The average molecular weight is 338 g/mol. The number of hydrogen-bond donors (Lipinski definition) is 1. The minimum atomic E-state index is -0.124. The van der Waals surface area contributed by atoms with Crippen molar-refractivity contribution in [1.29, 1.82) is 5.26 Å². The molecule has 0 saturated carbocycles. The average Bonchev–Trinajstić information content (AvgIpc) is 3.02. The lowest BCUT2D eigenvalue weighted by Gasteiger charge is -2.27. The van der Waals surface area contributed by atoms with Crippen LogP contribution in [0.15, 0.2) is 30.3 Å². The number of carbonyl (C=O) groups excluding carboxylic acids is 1. The van der Waals surface area contributed by atoms with E-state index in [4.69, 9.17) is 0 Å². The van der Waals surface area contributed by atoms with E-state index < -0.39 is 0 Å². The molecule has 1 aliphatic heterocycles. The Morgan fingerprint density at radius 1 is 1.36 bits per heavy atom. The predicted octanol–water partition coefficient (Wildman–Crippen LogP) is 1.54. The van der Waals surface area contributed by atoms with Gasteiger partial charge in [0.2, 0.25) is 0 Å². The van der Waals surface area contributed by atoms with Crippen LogP contribution >= 0.6 is 0 Å². The minimum Gasteiger partial charge on any atom is -0.332 e. The summed E-state index contributed by atoms with van der Waals surface area (Å²) in [7, 11) is 3.43. The topological polar surface area (TPSA) is 77.2 Å². The maximum atomic E-state index is 11.6. The van der Waals surface area contributed by atoms with Crippen LogP contribution in [0.4, 0.5) is 4.79 Å². The third kappa shape index (κ3) is 3.98. The van der Waals surface area contributed by atoms with E-state index in [0.717, 1.165) is 48.7 Å². The Kier molecular flexibility index (Phi) is 5.00. The van der Waals surface area contributed by atoms with Crippen molar-refractivity contribution in [2.45, 2.75) is 26.2 Å². The molecule has 3 rings (SSSR count). The van der Waals surface area contributed by atoms with Crippen molar-refractivity contribution in [3.63, 3.8) is 0 Å². The summed E-state index contributed by atoms with van der Waals surface area (Å²) in [5, 5.41) is 16.6. The van der Waals surface area contributed by atoms with Gasteiger partial charge in [-0.05, 0) is 17.7 Å². The first kappa shape index (κ1) is 17.0. The highest BCUT2D eigenvalue weighted by atomic mass is 16.2.